The van der Waals surface area contributed by atoms with Crippen LogP contribution in [-0.2, 0) is 0 Å². The highest BCUT2D eigenvalue weighted by Gasteiger charge is 2.32. The van der Waals surface area contributed by atoms with Gasteiger partial charge >= 0.3 is 0 Å². The van der Waals surface area contributed by atoms with Crippen molar-refractivity contribution < 1.29 is 0 Å². The summed E-state index contributed by atoms with van der Waals surface area (Å²) in [4.78, 5) is 0. The number of hydrogen-bond acceptors (Lipinski definition) is 2. The van der Waals surface area contributed by atoms with Crippen molar-refractivity contribution in [2.75, 3.05) is 13.1 Å². The normalized spacial score (nSPS) is 30.3. The van der Waals surface area contributed by atoms with Crippen molar-refractivity contribution in [2.45, 2.75) is 58.4 Å². The minimum atomic E-state index is 0.169. The van der Waals surface area contributed by atoms with Crippen molar-refractivity contribution in [2.24, 2.45) is 17.6 Å². The molecule has 2 nitrogen and oxygen atoms in total. The topological polar surface area (TPSA) is 38.0 Å². The zero-order valence-electron chi connectivity index (χ0n) is 11.9. The van der Waals surface area contributed by atoms with Gasteiger partial charge in [-0.25, -0.2) is 0 Å². The van der Waals surface area contributed by atoms with E-state index in [0.717, 1.165) is 24.9 Å². The van der Waals surface area contributed by atoms with Crippen LogP contribution in [0.3, 0.4) is 0 Å². The Labute approximate surface area is 107 Å². The molecule has 0 saturated heterocycles. The lowest BCUT2D eigenvalue weighted by atomic mass is 9.86. The van der Waals surface area contributed by atoms with Gasteiger partial charge in [-0.05, 0) is 38.0 Å². The predicted molar refractivity (Wildman–Crippen MR) is 76.0 cm³/mol. The summed E-state index contributed by atoms with van der Waals surface area (Å²) in [5.74, 6) is 1.69. The third kappa shape index (κ3) is 4.44. The first-order chi connectivity index (χ1) is 7.99. The van der Waals surface area contributed by atoms with Crippen molar-refractivity contribution in [1.29, 1.82) is 0 Å². The van der Waals surface area contributed by atoms with Crippen molar-refractivity contribution in [3.05, 3.63) is 12.2 Å². The standard InChI is InChI=1S/C15H30N2/c1-12(2)10-17-15(11-16)8-5-6-14(7-9-15)13(3)4/h13-14,17H,1,5-11,16H2,2-4H3. The summed E-state index contributed by atoms with van der Waals surface area (Å²) in [7, 11) is 0. The molecule has 2 atom stereocenters. The van der Waals surface area contributed by atoms with E-state index in [2.05, 4.69) is 32.7 Å². The van der Waals surface area contributed by atoms with Gasteiger partial charge in [0.25, 0.3) is 0 Å². The Morgan fingerprint density at radius 1 is 1.41 bits per heavy atom. The smallest absolute Gasteiger partial charge is 0.0307 e. The zero-order chi connectivity index (χ0) is 12.9. The number of rotatable bonds is 5. The molecule has 0 aliphatic heterocycles. The van der Waals surface area contributed by atoms with Gasteiger partial charge in [-0.15, -0.1) is 0 Å². The molecule has 1 aliphatic rings. The maximum Gasteiger partial charge on any atom is 0.0307 e. The third-order valence-electron chi connectivity index (χ3n) is 4.32. The van der Waals surface area contributed by atoms with E-state index in [4.69, 9.17) is 5.73 Å². The van der Waals surface area contributed by atoms with Crippen LogP contribution in [0.2, 0.25) is 0 Å². The summed E-state index contributed by atoms with van der Waals surface area (Å²) in [6.07, 6.45) is 6.44. The van der Waals surface area contributed by atoms with Gasteiger partial charge in [0, 0.05) is 18.6 Å². The molecular formula is C15H30N2. The van der Waals surface area contributed by atoms with Crippen molar-refractivity contribution >= 4 is 0 Å². The maximum atomic E-state index is 6.02. The summed E-state index contributed by atoms with van der Waals surface area (Å²) < 4.78 is 0. The summed E-state index contributed by atoms with van der Waals surface area (Å²) in [5, 5.41) is 3.66. The Balaban J connectivity index is 2.58. The highest BCUT2D eigenvalue weighted by Crippen LogP contribution is 2.33. The van der Waals surface area contributed by atoms with Crippen LogP contribution < -0.4 is 11.1 Å². The molecule has 1 rings (SSSR count). The van der Waals surface area contributed by atoms with E-state index in [1.807, 2.05) is 0 Å². The van der Waals surface area contributed by atoms with E-state index in [-0.39, 0.29) is 5.54 Å². The van der Waals surface area contributed by atoms with Crippen molar-refractivity contribution in [3.8, 4) is 0 Å². The van der Waals surface area contributed by atoms with Gasteiger partial charge < -0.3 is 11.1 Å². The summed E-state index contributed by atoms with van der Waals surface area (Å²) in [6.45, 7) is 12.4. The molecule has 3 N–H and O–H groups in total. The first-order valence-electron chi connectivity index (χ1n) is 7.08. The van der Waals surface area contributed by atoms with Crippen molar-refractivity contribution in [3.63, 3.8) is 0 Å². The fourth-order valence-electron chi connectivity index (χ4n) is 2.89. The third-order valence-corrected chi connectivity index (χ3v) is 4.32. The molecule has 1 saturated carbocycles. The Kier molecular flexibility index (Phi) is 5.68. The van der Waals surface area contributed by atoms with E-state index < -0.39 is 0 Å². The van der Waals surface area contributed by atoms with Crippen LogP contribution in [0.25, 0.3) is 0 Å². The number of nitrogens with two attached hydrogens (primary N) is 1. The van der Waals surface area contributed by atoms with Crippen LogP contribution >= 0.6 is 0 Å². The van der Waals surface area contributed by atoms with Gasteiger partial charge in [0.1, 0.15) is 0 Å². The largest absolute Gasteiger partial charge is 0.329 e. The van der Waals surface area contributed by atoms with Crippen molar-refractivity contribution in [1.82, 2.24) is 5.32 Å². The molecule has 0 bridgehead atoms. The lowest BCUT2D eigenvalue weighted by Crippen LogP contribution is -2.51. The molecule has 1 fully saturated rings. The fraction of sp³-hybridized carbons (Fsp3) is 0.867. The molecule has 0 heterocycles. The van der Waals surface area contributed by atoms with Crippen LogP contribution in [-0.4, -0.2) is 18.6 Å². The van der Waals surface area contributed by atoms with E-state index in [9.17, 15) is 0 Å². The molecule has 0 amide bonds. The summed E-state index contributed by atoms with van der Waals surface area (Å²) in [5.41, 5.74) is 7.39. The van der Waals surface area contributed by atoms with Crippen LogP contribution in [0.5, 0.6) is 0 Å². The minimum Gasteiger partial charge on any atom is -0.329 e. The Morgan fingerprint density at radius 3 is 2.65 bits per heavy atom. The van der Waals surface area contributed by atoms with Gasteiger partial charge in [0.15, 0.2) is 0 Å². The predicted octanol–water partition coefficient (Wildman–Crippen LogP) is 3.09. The molecular weight excluding hydrogens is 208 g/mol. The summed E-state index contributed by atoms with van der Waals surface area (Å²) >= 11 is 0. The highest BCUT2D eigenvalue weighted by atomic mass is 15.0. The molecule has 0 spiro atoms. The average molecular weight is 238 g/mol. The number of nitrogens with one attached hydrogen (secondary N) is 1. The number of hydrogen-bond donors (Lipinski definition) is 2. The Hall–Kier alpha value is -0.340. The molecule has 0 aromatic heterocycles. The first-order valence-corrected chi connectivity index (χ1v) is 7.08. The fourth-order valence-corrected chi connectivity index (χ4v) is 2.89. The second kappa shape index (κ2) is 6.55. The Bertz CT molecular complexity index is 247. The maximum absolute atomic E-state index is 6.02. The summed E-state index contributed by atoms with van der Waals surface area (Å²) in [6, 6.07) is 0. The van der Waals surface area contributed by atoms with E-state index >= 15 is 0 Å². The zero-order valence-corrected chi connectivity index (χ0v) is 11.9. The van der Waals surface area contributed by atoms with Gasteiger partial charge in [0.05, 0.1) is 0 Å². The minimum absolute atomic E-state index is 0.169. The molecule has 17 heavy (non-hydrogen) atoms. The van der Waals surface area contributed by atoms with Gasteiger partial charge in [-0.2, -0.15) is 0 Å². The van der Waals surface area contributed by atoms with E-state index in [1.165, 1.54) is 37.7 Å². The Morgan fingerprint density at radius 2 is 2.12 bits per heavy atom. The van der Waals surface area contributed by atoms with E-state index in [1.54, 1.807) is 0 Å². The first kappa shape index (κ1) is 14.7. The SMILES string of the molecule is C=C(C)CNC1(CN)CCCC(C(C)C)CC1. The average Bonchev–Trinajstić information content (AvgIpc) is 2.49. The molecule has 0 aromatic carbocycles. The molecule has 0 radical (unpaired) electrons. The van der Waals surface area contributed by atoms with Gasteiger partial charge in [-0.1, -0.05) is 38.8 Å². The van der Waals surface area contributed by atoms with E-state index in [0.29, 0.717) is 0 Å². The van der Waals surface area contributed by atoms with Crippen LogP contribution in [0.1, 0.15) is 52.9 Å². The lowest BCUT2D eigenvalue weighted by Gasteiger charge is -2.33. The highest BCUT2D eigenvalue weighted by molar-refractivity contribution is 4.98. The second-order valence-electron chi connectivity index (χ2n) is 6.23. The van der Waals surface area contributed by atoms with Crippen LogP contribution in [0.4, 0.5) is 0 Å². The molecule has 2 heteroatoms. The quantitative estimate of drug-likeness (QED) is 0.570. The van der Waals surface area contributed by atoms with Crippen LogP contribution in [0.15, 0.2) is 12.2 Å². The van der Waals surface area contributed by atoms with Gasteiger partial charge in [0.2, 0.25) is 0 Å². The van der Waals surface area contributed by atoms with Crippen LogP contribution in [0, 0.1) is 11.8 Å². The molecule has 2 unspecified atom stereocenters. The lowest BCUT2D eigenvalue weighted by molar-refractivity contribution is 0.286. The molecule has 1 aliphatic carbocycles. The molecule has 0 aromatic rings. The molecule has 100 valence electrons. The van der Waals surface area contributed by atoms with Gasteiger partial charge in [-0.3, -0.25) is 0 Å². The monoisotopic (exact) mass is 238 g/mol. The second-order valence-corrected chi connectivity index (χ2v) is 6.23.